The molecular weight excluding hydrogens is 651 g/mol. The predicted molar refractivity (Wildman–Crippen MR) is 194 cm³/mol. The van der Waals surface area contributed by atoms with Crippen molar-refractivity contribution in [2.75, 3.05) is 13.1 Å². The minimum absolute atomic E-state index is 0.0895. The van der Waals surface area contributed by atoms with Gasteiger partial charge in [0.25, 0.3) is 5.91 Å². The number of fused-ring (bicyclic) bond motifs is 3. The van der Waals surface area contributed by atoms with Crippen LogP contribution in [0.25, 0.3) is 21.0 Å². The second kappa shape index (κ2) is 13.0. The Balaban J connectivity index is 1.14. The Morgan fingerprint density at radius 1 is 1.02 bits per heavy atom. The van der Waals surface area contributed by atoms with E-state index >= 15 is 0 Å². The van der Waals surface area contributed by atoms with Crippen molar-refractivity contribution < 1.29 is 24.0 Å². The van der Waals surface area contributed by atoms with Crippen molar-refractivity contribution in [3.8, 4) is 0 Å². The van der Waals surface area contributed by atoms with Gasteiger partial charge in [-0.3, -0.25) is 24.0 Å². The number of aromatic nitrogens is 1. The van der Waals surface area contributed by atoms with E-state index in [1.807, 2.05) is 69.3 Å². The third kappa shape index (κ3) is 6.20. The molecule has 262 valence electrons. The quantitative estimate of drug-likeness (QED) is 0.160. The van der Waals surface area contributed by atoms with Crippen molar-refractivity contribution in [1.82, 2.24) is 25.8 Å². The maximum absolute atomic E-state index is 14.4. The first-order chi connectivity index (χ1) is 23.8. The highest BCUT2D eigenvalue weighted by molar-refractivity contribution is 7.20. The van der Waals surface area contributed by atoms with Crippen LogP contribution in [0.15, 0.2) is 54.6 Å². The number of rotatable bonds is 11. The zero-order valence-corrected chi connectivity index (χ0v) is 30.0. The Kier molecular flexibility index (Phi) is 8.82. The molecule has 2 aromatic carbocycles. The maximum atomic E-state index is 14.4. The van der Waals surface area contributed by atoms with E-state index in [1.54, 1.807) is 11.0 Å². The minimum atomic E-state index is -0.932. The number of hydrogen-bond donors (Lipinski definition) is 4. The van der Waals surface area contributed by atoms with Gasteiger partial charge in [-0.1, -0.05) is 58.0 Å². The number of carbonyl (C=O) groups excluding carboxylic acids is 5. The lowest BCUT2D eigenvalue weighted by Crippen LogP contribution is -2.57. The summed E-state index contributed by atoms with van der Waals surface area (Å²) in [5, 5.41) is 10.8. The molecule has 4 N–H and O–H groups in total. The lowest BCUT2D eigenvalue weighted by molar-refractivity contribution is -0.142. The first kappa shape index (κ1) is 34.0. The van der Waals surface area contributed by atoms with Crippen molar-refractivity contribution in [1.29, 1.82) is 0 Å². The number of aryl methyl sites for hydroxylation is 1. The lowest BCUT2D eigenvalue weighted by Gasteiger charge is -2.34. The molecular formula is C39H45N5O5S. The molecule has 7 rings (SSSR count). The van der Waals surface area contributed by atoms with Gasteiger partial charge < -0.3 is 25.8 Å². The van der Waals surface area contributed by atoms with Gasteiger partial charge in [0.15, 0.2) is 5.78 Å². The maximum Gasteiger partial charge on any atom is 0.268 e. The van der Waals surface area contributed by atoms with Crippen molar-refractivity contribution in [2.45, 2.75) is 72.0 Å². The Morgan fingerprint density at radius 2 is 1.80 bits per heavy atom. The summed E-state index contributed by atoms with van der Waals surface area (Å²) in [6.07, 6.45) is 1.17. The molecule has 10 nitrogen and oxygen atoms in total. The summed E-state index contributed by atoms with van der Waals surface area (Å²) in [5.41, 5.74) is 2.09. The zero-order valence-electron chi connectivity index (χ0n) is 29.2. The van der Waals surface area contributed by atoms with Crippen LogP contribution < -0.4 is 16.0 Å². The number of nitrogens with one attached hydrogen (secondary N) is 4. The molecule has 0 unspecified atom stereocenters. The van der Waals surface area contributed by atoms with Crippen LogP contribution in [0.5, 0.6) is 0 Å². The van der Waals surface area contributed by atoms with Crippen molar-refractivity contribution >= 4 is 61.7 Å². The summed E-state index contributed by atoms with van der Waals surface area (Å²) in [6, 6.07) is 14.6. The molecule has 1 aliphatic carbocycles. The number of carbonyl (C=O) groups is 5. The first-order valence-corrected chi connectivity index (χ1v) is 18.5. The summed E-state index contributed by atoms with van der Waals surface area (Å²) in [6.45, 7) is 11.1. The molecule has 4 amide bonds. The van der Waals surface area contributed by atoms with Crippen LogP contribution in [0.1, 0.15) is 72.7 Å². The Morgan fingerprint density at radius 3 is 2.50 bits per heavy atom. The van der Waals surface area contributed by atoms with Crippen LogP contribution in [0.2, 0.25) is 0 Å². The van der Waals surface area contributed by atoms with Gasteiger partial charge in [-0.2, -0.15) is 0 Å². The SMILES string of the molecule is Cc1cccc2[nH]c(C(=O)N[C@@H](CC(C)C)C(=O)N3C[C@H]4[C@@H]([C@H]3C(=O)N[C@@H](C[C@@H]3CCNC3=O)C(=O)c3cc5ccccc5s3)C4(C)C)cc12. The van der Waals surface area contributed by atoms with Crippen molar-refractivity contribution in [2.24, 2.45) is 29.1 Å². The van der Waals surface area contributed by atoms with E-state index < -0.39 is 30.0 Å². The highest BCUT2D eigenvalue weighted by Gasteiger charge is 2.69. The third-order valence-electron chi connectivity index (χ3n) is 11.2. The summed E-state index contributed by atoms with van der Waals surface area (Å²) < 4.78 is 0.968. The van der Waals surface area contributed by atoms with Gasteiger partial charge in [0.1, 0.15) is 17.8 Å². The number of nitrogens with zero attached hydrogens (tertiary/aromatic N) is 1. The van der Waals surface area contributed by atoms with E-state index in [0.717, 1.165) is 26.6 Å². The van der Waals surface area contributed by atoms with Gasteiger partial charge in [-0.15, -0.1) is 11.3 Å². The smallest absolute Gasteiger partial charge is 0.268 e. The van der Waals surface area contributed by atoms with Crippen LogP contribution in [-0.2, 0) is 14.4 Å². The van der Waals surface area contributed by atoms with E-state index in [1.165, 1.54) is 11.3 Å². The van der Waals surface area contributed by atoms with Gasteiger partial charge in [0, 0.05) is 34.6 Å². The third-order valence-corrected chi connectivity index (χ3v) is 12.3. The Labute approximate surface area is 295 Å². The number of H-pyrrole nitrogens is 1. The van der Waals surface area contributed by atoms with E-state index in [-0.39, 0.29) is 53.1 Å². The topological polar surface area (TPSA) is 140 Å². The van der Waals surface area contributed by atoms with E-state index in [0.29, 0.717) is 36.5 Å². The number of likely N-dealkylation sites (tertiary alicyclic amines) is 1. The van der Waals surface area contributed by atoms with Gasteiger partial charge in [0.05, 0.1) is 10.9 Å². The molecule has 50 heavy (non-hydrogen) atoms. The second-order valence-electron chi connectivity index (χ2n) is 15.4. The largest absolute Gasteiger partial charge is 0.356 e. The number of Topliss-reactive ketones (excluding diaryl/α,β-unsaturated/α-hetero) is 1. The Bertz CT molecular complexity index is 1980. The minimum Gasteiger partial charge on any atom is -0.356 e. The number of piperidine rings is 1. The molecule has 6 atom stereocenters. The van der Waals surface area contributed by atoms with E-state index in [2.05, 4.69) is 34.8 Å². The molecule has 2 saturated heterocycles. The number of hydrogen-bond acceptors (Lipinski definition) is 6. The normalized spacial score (nSPS) is 23.5. The van der Waals surface area contributed by atoms with Crippen LogP contribution in [0.3, 0.4) is 0 Å². The fourth-order valence-corrected chi connectivity index (χ4v) is 9.35. The summed E-state index contributed by atoms with van der Waals surface area (Å²) in [4.78, 5) is 74.5. The highest BCUT2D eigenvalue weighted by Crippen LogP contribution is 2.65. The first-order valence-electron chi connectivity index (χ1n) is 17.6. The number of benzene rings is 2. The summed E-state index contributed by atoms with van der Waals surface area (Å²) >= 11 is 1.37. The van der Waals surface area contributed by atoms with Gasteiger partial charge in [-0.25, -0.2) is 0 Å². The van der Waals surface area contributed by atoms with E-state index in [9.17, 15) is 24.0 Å². The number of ketones is 1. The standard InChI is InChI=1S/C39H45N5O5S/c1-20(2)15-29(43-36(47)28-18-24-21(3)9-8-11-26(24)41-28)38(49)44-19-25-32(39(25,4)5)33(44)37(48)42-27(16-23-13-14-40-35(23)46)34(45)31-17-22-10-6-7-12-30(22)50-31/h6-12,17-18,20,23,25,27,29,32-33,41H,13-16,19H2,1-5H3,(H,40,46)(H,42,48)(H,43,47)/t23-,25-,27-,29-,32-,33-/m0/s1. The van der Waals surface area contributed by atoms with Gasteiger partial charge in [-0.05, 0) is 84.6 Å². The van der Waals surface area contributed by atoms with Crippen LogP contribution in [0, 0.1) is 36.0 Å². The molecule has 3 fully saturated rings. The molecule has 0 spiro atoms. The second-order valence-corrected chi connectivity index (χ2v) is 16.4. The predicted octanol–water partition coefficient (Wildman–Crippen LogP) is 5.21. The average molecular weight is 696 g/mol. The number of amides is 4. The molecule has 0 radical (unpaired) electrons. The molecule has 3 aliphatic rings. The molecule has 1 saturated carbocycles. The van der Waals surface area contributed by atoms with Gasteiger partial charge in [0.2, 0.25) is 17.7 Å². The van der Waals surface area contributed by atoms with Crippen molar-refractivity contribution in [3.05, 3.63) is 70.7 Å². The lowest BCUT2D eigenvalue weighted by atomic mass is 9.93. The monoisotopic (exact) mass is 695 g/mol. The van der Waals surface area contributed by atoms with Crippen LogP contribution in [-0.4, -0.2) is 70.5 Å². The molecule has 4 heterocycles. The summed E-state index contributed by atoms with van der Waals surface area (Å²) in [7, 11) is 0. The fourth-order valence-electron chi connectivity index (χ4n) is 8.29. The van der Waals surface area contributed by atoms with Crippen molar-refractivity contribution in [3.63, 3.8) is 0 Å². The fraction of sp³-hybridized carbons (Fsp3) is 0.462. The molecule has 2 aliphatic heterocycles. The summed E-state index contributed by atoms with van der Waals surface area (Å²) in [5.74, 6) is -1.71. The average Bonchev–Trinajstić information content (AvgIpc) is 3.73. The molecule has 2 aromatic heterocycles. The Hall–Kier alpha value is -4.51. The zero-order chi connectivity index (χ0) is 35.5. The molecule has 11 heteroatoms. The molecule has 0 bridgehead atoms. The number of thiophene rings is 1. The highest BCUT2D eigenvalue weighted by atomic mass is 32.1. The van der Waals surface area contributed by atoms with Gasteiger partial charge >= 0.3 is 0 Å². The molecule has 4 aromatic rings. The number of aromatic amines is 1. The van der Waals surface area contributed by atoms with Crippen LogP contribution >= 0.6 is 11.3 Å². The van der Waals surface area contributed by atoms with Crippen LogP contribution in [0.4, 0.5) is 0 Å². The van der Waals surface area contributed by atoms with E-state index in [4.69, 9.17) is 0 Å².